The van der Waals surface area contributed by atoms with Gasteiger partial charge >= 0.3 is 0 Å². The highest BCUT2D eigenvalue weighted by Crippen LogP contribution is 2.16. The van der Waals surface area contributed by atoms with Gasteiger partial charge in [0.05, 0.1) is 11.2 Å². The van der Waals surface area contributed by atoms with Crippen LogP contribution in [0.2, 0.25) is 0 Å². The minimum Gasteiger partial charge on any atom is -0.311 e. The molecule has 4 nitrogen and oxygen atoms in total. The molecule has 0 spiro atoms. The molecular formula is C17H28N4. The molecule has 2 rings (SSSR count). The van der Waals surface area contributed by atoms with Gasteiger partial charge in [0.2, 0.25) is 0 Å². The van der Waals surface area contributed by atoms with Crippen molar-refractivity contribution in [2.24, 2.45) is 7.05 Å². The number of hydrogen-bond acceptors (Lipinski definition) is 3. The van der Waals surface area contributed by atoms with Crippen LogP contribution in [0.25, 0.3) is 10.9 Å². The second-order valence-electron chi connectivity index (χ2n) is 6.05. The van der Waals surface area contributed by atoms with Gasteiger partial charge in [0, 0.05) is 25.0 Å². The van der Waals surface area contributed by atoms with Crippen molar-refractivity contribution in [3.8, 4) is 0 Å². The molecule has 0 radical (unpaired) electrons. The highest BCUT2D eigenvalue weighted by molar-refractivity contribution is 5.81. The molecule has 0 saturated carbocycles. The van der Waals surface area contributed by atoms with Crippen molar-refractivity contribution >= 4 is 10.9 Å². The Morgan fingerprint density at radius 2 is 2.00 bits per heavy atom. The number of aromatic nitrogens is 2. The number of nitrogens with zero attached hydrogens (tertiary/aromatic N) is 3. The zero-order valence-electron chi connectivity index (χ0n) is 13.8. The zero-order valence-corrected chi connectivity index (χ0v) is 13.8. The molecule has 0 aliphatic rings. The highest BCUT2D eigenvalue weighted by atomic mass is 15.3. The Morgan fingerprint density at radius 1 is 1.24 bits per heavy atom. The minimum atomic E-state index is 0.637. The SMILES string of the molecule is CC(C)N(C)CCCCNCc1nn(C)c2ccccc12. The summed E-state index contributed by atoms with van der Waals surface area (Å²) in [6.07, 6.45) is 2.45. The number of fused-ring (bicyclic) bond motifs is 1. The number of rotatable bonds is 8. The summed E-state index contributed by atoms with van der Waals surface area (Å²) in [6, 6.07) is 9.05. The molecule has 0 unspecified atom stereocenters. The van der Waals surface area contributed by atoms with E-state index in [1.807, 2.05) is 11.7 Å². The van der Waals surface area contributed by atoms with Crippen LogP contribution in [-0.4, -0.2) is 40.9 Å². The molecule has 1 aromatic heterocycles. The van der Waals surface area contributed by atoms with Crippen LogP contribution < -0.4 is 5.32 Å². The Bertz CT molecular complexity index is 559. The number of benzene rings is 1. The van der Waals surface area contributed by atoms with E-state index in [2.05, 4.69) is 60.5 Å². The van der Waals surface area contributed by atoms with Gasteiger partial charge in [-0.2, -0.15) is 5.10 Å². The van der Waals surface area contributed by atoms with Crippen LogP contribution in [0.3, 0.4) is 0 Å². The third-order valence-corrected chi connectivity index (χ3v) is 4.12. The first-order chi connectivity index (χ1) is 10.1. The lowest BCUT2D eigenvalue weighted by molar-refractivity contribution is 0.268. The number of unbranched alkanes of at least 4 members (excludes halogenated alkanes) is 1. The lowest BCUT2D eigenvalue weighted by Gasteiger charge is -2.20. The molecule has 116 valence electrons. The van der Waals surface area contributed by atoms with Gasteiger partial charge in [0.25, 0.3) is 0 Å². The first-order valence-electron chi connectivity index (χ1n) is 7.91. The van der Waals surface area contributed by atoms with Crippen molar-refractivity contribution in [1.82, 2.24) is 20.0 Å². The van der Waals surface area contributed by atoms with Crippen molar-refractivity contribution in [1.29, 1.82) is 0 Å². The Hall–Kier alpha value is -1.39. The van der Waals surface area contributed by atoms with Gasteiger partial charge in [-0.15, -0.1) is 0 Å². The third kappa shape index (κ3) is 4.29. The van der Waals surface area contributed by atoms with Gasteiger partial charge in [-0.3, -0.25) is 4.68 Å². The fourth-order valence-electron chi connectivity index (χ4n) is 2.50. The maximum atomic E-state index is 4.60. The largest absolute Gasteiger partial charge is 0.311 e. The molecule has 2 aromatic rings. The number of aryl methyl sites for hydroxylation is 1. The van der Waals surface area contributed by atoms with Gasteiger partial charge < -0.3 is 10.2 Å². The van der Waals surface area contributed by atoms with Crippen LogP contribution in [0, 0.1) is 0 Å². The summed E-state index contributed by atoms with van der Waals surface area (Å²) in [6.45, 7) is 7.55. The Balaban J connectivity index is 1.73. The Morgan fingerprint density at radius 3 is 2.76 bits per heavy atom. The normalized spacial score (nSPS) is 11.9. The van der Waals surface area contributed by atoms with Crippen molar-refractivity contribution in [2.75, 3.05) is 20.1 Å². The van der Waals surface area contributed by atoms with Crippen LogP contribution >= 0.6 is 0 Å². The highest BCUT2D eigenvalue weighted by Gasteiger charge is 2.07. The summed E-state index contributed by atoms with van der Waals surface area (Å²) >= 11 is 0. The van der Waals surface area contributed by atoms with Crippen molar-refractivity contribution < 1.29 is 0 Å². The predicted octanol–water partition coefficient (Wildman–Crippen LogP) is 2.78. The van der Waals surface area contributed by atoms with E-state index in [0.29, 0.717) is 6.04 Å². The summed E-state index contributed by atoms with van der Waals surface area (Å²) in [5.74, 6) is 0. The first-order valence-corrected chi connectivity index (χ1v) is 7.91. The van der Waals surface area contributed by atoms with Crippen LogP contribution in [0.1, 0.15) is 32.4 Å². The Labute approximate surface area is 128 Å². The number of nitrogens with one attached hydrogen (secondary N) is 1. The molecule has 0 amide bonds. The van der Waals surface area contributed by atoms with Gasteiger partial charge in [-0.05, 0) is 52.9 Å². The minimum absolute atomic E-state index is 0.637. The molecule has 0 saturated heterocycles. The molecule has 1 N–H and O–H groups in total. The van der Waals surface area contributed by atoms with E-state index in [1.165, 1.54) is 30.3 Å². The van der Waals surface area contributed by atoms with E-state index in [0.717, 1.165) is 18.8 Å². The fraction of sp³-hybridized carbons (Fsp3) is 0.588. The van der Waals surface area contributed by atoms with Crippen LogP contribution in [-0.2, 0) is 13.6 Å². The average molecular weight is 288 g/mol. The first kappa shape index (κ1) is 16.0. The van der Waals surface area contributed by atoms with E-state index in [4.69, 9.17) is 0 Å². The van der Waals surface area contributed by atoms with Gasteiger partial charge in [-0.25, -0.2) is 0 Å². The molecule has 0 aliphatic carbocycles. The smallest absolute Gasteiger partial charge is 0.0841 e. The summed E-state index contributed by atoms with van der Waals surface area (Å²) in [5, 5.41) is 9.38. The van der Waals surface area contributed by atoms with E-state index in [9.17, 15) is 0 Å². The molecule has 0 fully saturated rings. The molecule has 1 aromatic carbocycles. The zero-order chi connectivity index (χ0) is 15.2. The van der Waals surface area contributed by atoms with Crippen LogP contribution in [0.5, 0.6) is 0 Å². The van der Waals surface area contributed by atoms with Gasteiger partial charge in [-0.1, -0.05) is 18.2 Å². The summed E-state index contributed by atoms with van der Waals surface area (Å²) < 4.78 is 1.96. The lowest BCUT2D eigenvalue weighted by atomic mass is 10.2. The second kappa shape index (κ2) is 7.57. The maximum absolute atomic E-state index is 4.60. The summed E-state index contributed by atoms with van der Waals surface area (Å²) in [7, 11) is 4.20. The number of hydrogen-bond donors (Lipinski definition) is 1. The standard InChI is InChI=1S/C17H28N4/c1-14(2)20(3)12-8-7-11-18-13-16-15-9-5-6-10-17(15)21(4)19-16/h5-6,9-10,14,18H,7-8,11-13H2,1-4H3. The average Bonchev–Trinajstić information content (AvgIpc) is 2.79. The van der Waals surface area contributed by atoms with Crippen LogP contribution in [0.4, 0.5) is 0 Å². The fourth-order valence-corrected chi connectivity index (χ4v) is 2.50. The van der Waals surface area contributed by atoms with E-state index >= 15 is 0 Å². The predicted molar refractivity (Wildman–Crippen MR) is 89.4 cm³/mol. The molecule has 4 heteroatoms. The van der Waals surface area contributed by atoms with Crippen molar-refractivity contribution in [3.05, 3.63) is 30.0 Å². The van der Waals surface area contributed by atoms with E-state index < -0.39 is 0 Å². The molecule has 21 heavy (non-hydrogen) atoms. The molecule has 1 heterocycles. The van der Waals surface area contributed by atoms with E-state index in [1.54, 1.807) is 0 Å². The Kier molecular flexibility index (Phi) is 5.76. The van der Waals surface area contributed by atoms with Crippen molar-refractivity contribution in [3.63, 3.8) is 0 Å². The second-order valence-corrected chi connectivity index (χ2v) is 6.05. The van der Waals surface area contributed by atoms with E-state index in [-0.39, 0.29) is 0 Å². The topological polar surface area (TPSA) is 33.1 Å². The quantitative estimate of drug-likeness (QED) is 0.758. The van der Waals surface area contributed by atoms with Crippen molar-refractivity contribution in [2.45, 2.75) is 39.3 Å². The molecular weight excluding hydrogens is 260 g/mol. The lowest BCUT2D eigenvalue weighted by Crippen LogP contribution is -2.27. The van der Waals surface area contributed by atoms with Crippen LogP contribution in [0.15, 0.2) is 24.3 Å². The number of para-hydroxylation sites is 1. The third-order valence-electron chi connectivity index (χ3n) is 4.12. The van der Waals surface area contributed by atoms with Gasteiger partial charge in [0.1, 0.15) is 0 Å². The summed E-state index contributed by atoms with van der Waals surface area (Å²) in [4.78, 5) is 2.40. The molecule has 0 aliphatic heterocycles. The monoisotopic (exact) mass is 288 g/mol. The molecule has 0 atom stereocenters. The maximum Gasteiger partial charge on any atom is 0.0841 e. The summed E-state index contributed by atoms with van der Waals surface area (Å²) in [5.41, 5.74) is 2.35. The molecule has 0 bridgehead atoms. The van der Waals surface area contributed by atoms with Gasteiger partial charge in [0.15, 0.2) is 0 Å².